The van der Waals surface area contributed by atoms with E-state index in [1.165, 1.54) is 51.4 Å². The van der Waals surface area contributed by atoms with Crippen LogP contribution in [0.15, 0.2) is 0 Å². The van der Waals surface area contributed by atoms with Crippen molar-refractivity contribution in [2.24, 2.45) is 11.3 Å². The summed E-state index contributed by atoms with van der Waals surface area (Å²) in [6.45, 7) is 6.74. The Balaban J connectivity index is 2.23. The minimum atomic E-state index is 0.270. The second-order valence-electron chi connectivity index (χ2n) is 6.27. The van der Waals surface area contributed by atoms with Gasteiger partial charge in [0.15, 0.2) is 0 Å². The highest BCUT2D eigenvalue weighted by molar-refractivity contribution is 6.21. The van der Waals surface area contributed by atoms with Crippen LogP contribution < -0.4 is 0 Å². The zero-order valence-electron chi connectivity index (χ0n) is 10.7. The monoisotopic (exact) mass is 230 g/mol. The van der Waals surface area contributed by atoms with Gasteiger partial charge in [0.2, 0.25) is 0 Å². The highest BCUT2D eigenvalue weighted by Crippen LogP contribution is 2.32. The smallest absolute Gasteiger partial charge is 0.0384 e. The molecule has 1 fully saturated rings. The first-order valence-electron chi connectivity index (χ1n) is 6.64. The van der Waals surface area contributed by atoms with Gasteiger partial charge >= 0.3 is 0 Å². The Bertz CT molecular complexity index is 161. The Morgan fingerprint density at radius 3 is 2.07 bits per heavy atom. The molecule has 0 bridgehead atoms. The first-order chi connectivity index (χ1) is 7.00. The van der Waals surface area contributed by atoms with E-state index in [1.807, 2.05) is 0 Å². The number of halogens is 1. The van der Waals surface area contributed by atoms with Crippen molar-refractivity contribution in [2.75, 3.05) is 0 Å². The molecule has 0 spiro atoms. The molecule has 1 rings (SSSR count). The Kier molecular flexibility index (Phi) is 5.46. The number of hydrogen-bond acceptors (Lipinski definition) is 0. The zero-order chi connectivity index (χ0) is 11.3. The Labute approximate surface area is 101 Å². The van der Waals surface area contributed by atoms with Gasteiger partial charge in [-0.15, -0.1) is 11.6 Å². The second kappa shape index (κ2) is 6.13. The van der Waals surface area contributed by atoms with Crippen LogP contribution in [-0.4, -0.2) is 5.38 Å². The second-order valence-corrected chi connectivity index (χ2v) is 6.80. The lowest BCUT2D eigenvalue weighted by atomic mass is 9.85. The van der Waals surface area contributed by atoms with E-state index in [4.69, 9.17) is 11.6 Å². The summed E-state index contributed by atoms with van der Waals surface area (Å²) >= 11 is 6.42. The predicted octanol–water partition coefficient (Wildman–Crippen LogP) is 5.39. The maximum atomic E-state index is 6.42. The molecule has 0 saturated heterocycles. The quantitative estimate of drug-likeness (QED) is 0.451. The molecule has 0 nitrogen and oxygen atoms in total. The van der Waals surface area contributed by atoms with E-state index in [1.54, 1.807) is 0 Å². The van der Waals surface area contributed by atoms with Crippen molar-refractivity contribution in [3.63, 3.8) is 0 Å². The summed E-state index contributed by atoms with van der Waals surface area (Å²) in [7, 11) is 0. The van der Waals surface area contributed by atoms with E-state index in [0.717, 1.165) is 5.92 Å². The van der Waals surface area contributed by atoms with Gasteiger partial charge < -0.3 is 0 Å². The van der Waals surface area contributed by atoms with Gasteiger partial charge in [-0.05, 0) is 24.2 Å². The number of rotatable bonds is 3. The maximum Gasteiger partial charge on any atom is 0.0384 e. The molecule has 1 aliphatic carbocycles. The number of hydrogen-bond donors (Lipinski definition) is 0. The van der Waals surface area contributed by atoms with Gasteiger partial charge in [0.05, 0.1) is 0 Å². The van der Waals surface area contributed by atoms with Gasteiger partial charge in [-0.1, -0.05) is 59.3 Å². The normalized spacial score (nSPS) is 22.4. The first kappa shape index (κ1) is 13.4. The molecular weight excluding hydrogens is 204 g/mol. The van der Waals surface area contributed by atoms with Crippen LogP contribution in [-0.2, 0) is 0 Å². The van der Waals surface area contributed by atoms with Crippen molar-refractivity contribution in [1.29, 1.82) is 0 Å². The molecule has 0 aromatic rings. The fraction of sp³-hybridized carbons (Fsp3) is 1.00. The highest BCUT2D eigenvalue weighted by atomic mass is 35.5. The molecule has 0 aromatic carbocycles. The summed E-state index contributed by atoms with van der Waals surface area (Å²) in [5.74, 6) is 0.969. The van der Waals surface area contributed by atoms with E-state index in [2.05, 4.69) is 20.8 Å². The van der Waals surface area contributed by atoms with Crippen LogP contribution in [0.5, 0.6) is 0 Å². The van der Waals surface area contributed by atoms with E-state index in [-0.39, 0.29) is 5.41 Å². The molecule has 1 aliphatic rings. The minimum absolute atomic E-state index is 0.270. The largest absolute Gasteiger partial charge is 0.122 e. The lowest BCUT2D eigenvalue weighted by Crippen LogP contribution is -2.21. The van der Waals surface area contributed by atoms with Crippen LogP contribution >= 0.6 is 11.6 Å². The maximum absolute atomic E-state index is 6.42. The molecule has 0 aromatic heterocycles. The predicted molar refractivity (Wildman–Crippen MR) is 69.5 cm³/mol. The molecule has 1 unspecified atom stereocenters. The van der Waals surface area contributed by atoms with Crippen LogP contribution in [0.3, 0.4) is 0 Å². The summed E-state index contributed by atoms with van der Waals surface area (Å²) < 4.78 is 0. The third-order valence-electron chi connectivity index (χ3n) is 3.74. The summed E-state index contributed by atoms with van der Waals surface area (Å²) in [5.41, 5.74) is 0.270. The van der Waals surface area contributed by atoms with E-state index >= 15 is 0 Å². The van der Waals surface area contributed by atoms with Crippen LogP contribution in [0, 0.1) is 11.3 Å². The molecule has 1 atom stereocenters. The van der Waals surface area contributed by atoms with Crippen LogP contribution in [0.25, 0.3) is 0 Å². The fourth-order valence-corrected chi connectivity index (χ4v) is 2.59. The molecule has 90 valence electrons. The van der Waals surface area contributed by atoms with Crippen molar-refractivity contribution in [2.45, 2.75) is 77.5 Å². The molecule has 0 amide bonds. The Morgan fingerprint density at radius 1 is 1.07 bits per heavy atom. The van der Waals surface area contributed by atoms with Crippen LogP contribution in [0.2, 0.25) is 0 Å². The first-order valence-corrected chi connectivity index (χ1v) is 7.08. The summed E-state index contributed by atoms with van der Waals surface area (Å²) in [6, 6.07) is 0. The van der Waals surface area contributed by atoms with Gasteiger partial charge in [0.1, 0.15) is 0 Å². The van der Waals surface area contributed by atoms with Crippen molar-refractivity contribution < 1.29 is 0 Å². The highest BCUT2D eigenvalue weighted by Gasteiger charge is 2.23. The third kappa shape index (κ3) is 5.24. The Morgan fingerprint density at radius 2 is 1.60 bits per heavy atom. The molecule has 0 heterocycles. The summed E-state index contributed by atoms with van der Waals surface area (Å²) in [4.78, 5) is 0. The summed E-state index contributed by atoms with van der Waals surface area (Å²) in [6.07, 6.45) is 11.3. The standard InChI is InChI=1S/C14H27Cl/c1-14(2,3)13(15)11-10-12-8-6-4-5-7-9-12/h12-13H,4-11H2,1-3H3. The van der Waals surface area contributed by atoms with E-state index in [9.17, 15) is 0 Å². The summed E-state index contributed by atoms with van der Waals surface area (Å²) in [5, 5.41) is 0.348. The van der Waals surface area contributed by atoms with Crippen molar-refractivity contribution in [3.05, 3.63) is 0 Å². The molecule has 1 saturated carbocycles. The Hall–Kier alpha value is 0.290. The molecule has 1 heteroatoms. The molecule has 0 aliphatic heterocycles. The lowest BCUT2D eigenvalue weighted by Gasteiger charge is -2.26. The topological polar surface area (TPSA) is 0 Å². The van der Waals surface area contributed by atoms with Crippen LogP contribution in [0.1, 0.15) is 72.1 Å². The van der Waals surface area contributed by atoms with Gasteiger partial charge in [-0.3, -0.25) is 0 Å². The lowest BCUT2D eigenvalue weighted by molar-refractivity contribution is 0.332. The number of alkyl halides is 1. The van der Waals surface area contributed by atoms with Crippen molar-refractivity contribution in [3.8, 4) is 0 Å². The average Bonchev–Trinajstić information content (AvgIpc) is 2.40. The fourth-order valence-electron chi connectivity index (χ4n) is 2.47. The average molecular weight is 231 g/mol. The van der Waals surface area contributed by atoms with E-state index < -0.39 is 0 Å². The van der Waals surface area contributed by atoms with E-state index in [0.29, 0.717) is 5.38 Å². The van der Waals surface area contributed by atoms with Crippen molar-refractivity contribution >= 4 is 11.6 Å². The third-order valence-corrected chi connectivity index (χ3v) is 4.62. The van der Waals surface area contributed by atoms with Gasteiger partial charge in [0, 0.05) is 5.38 Å². The minimum Gasteiger partial charge on any atom is -0.122 e. The molecular formula is C14H27Cl. The van der Waals surface area contributed by atoms with Gasteiger partial charge in [-0.25, -0.2) is 0 Å². The molecule has 15 heavy (non-hydrogen) atoms. The van der Waals surface area contributed by atoms with Crippen LogP contribution in [0.4, 0.5) is 0 Å². The molecule has 0 radical (unpaired) electrons. The van der Waals surface area contributed by atoms with Gasteiger partial charge in [-0.2, -0.15) is 0 Å². The van der Waals surface area contributed by atoms with Crippen molar-refractivity contribution in [1.82, 2.24) is 0 Å². The zero-order valence-corrected chi connectivity index (χ0v) is 11.4. The SMILES string of the molecule is CC(C)(C)C(Cl)CCC1CCCCCC1. The molecule has 0 N–H and O–H groups in total. The van der Waals surface area contributed by atoms with Gasteiger partial charge in [0.25, 0.3) is 0 Å².